The minimum absolute atomic E-state index is 0.00975. The molecule has 23 heavy (non-hydrogen) atoms. The third-order valence-electron chi connectivity index (χ3n) is 4.11. The van der Waals surface area contributed by atoms with Gasteiger partial charge in [-0.15, -0.1) is 0 Å². The van der Waals surface area contributed by atoms with E-state index in [4.69, 9.17) is 10.5 Å². The van der Waals surface area contributed by atoms with Crippen LogP contribution in [0.1, 0.15) is 25.3 Å². The number of aryl methyl sites for hydroxylation is 1. The Balaban J connectivity index is 1.84. The van der Waals surface area contributed by atoms with Crippen LogP contribution < -0.4 is 5.73 Å². The molecule has 1 aromatic rings. The largest absolute Gasteiger partial charge is 0.383 e. The zero-order valence-electron chi connectivity index (χ0n) is 14.3. The predicted molar refractivity (Wildman–Crippen MR) is 88.8 cm³/mol. The molecule has 1 saturated heterocycles. The van der Waals surface area contributed by atoms with Crippen LogP contribution in [-0.4, -0.2) is 71.4 Å². The zero-order valence-corrected chi connectivity index (χ0v) is 14.3. The van der Waals surface area contributed by atoms with Crippen molar-refractivity contribution in [2.75, 3.05) is 39.9 Å². The van der Waals surface area contributed by atoms with Gasteiger partial charge in [-0.1, -0.05) is 6.92 Å². The van der Waals surface area contributed by atoms with Crippen LogP contribution in [0.25, 0.3) is 0 Å². The first-order chi connectivity index (χ1) is 11.1. The SMILES string of the molecule is CCCn1cc(CN2CCCN(C(=O)C(N)COC)CC2)cn1. The van der Waals surface area contributed by atoms with Crippen LogP contribution in [0.2, 0.25) is 0 Å². The molecule has 0 bridgehead atoms. The summed E-state index contributed by atoms with van der Waals surface area (Å²) < 4.78 is 6.97. The van der Waals surface area contributed by atoms with Crippen LogP contribution in [0, 0.1) is 0 Å². The highest BCUT2D eigenvalue weighted by Gasteiger charge is 2.23. The monoisotopic (exact) mass is 323 g/mol. The number of aromatic nitrogens is 2. The van der Waals surface area contributed by atoms with E-state index in [2.05, 4.69) is 23.1 Å². The second-order valence-electron chi connectivity index (χ2n) is 6.13. The van der Waals surface area contributed by atoms with Gasteiger partial charge in [0.05, 0.1) is 12.8 Å². The quantitative estimate of drug-likeness (QED) is 0.781. The maximum absolute atomic E-state index is 12.3. The van der Waals surface area contributed by atoms with Crippen molar-refractivity contribution in [2.45, 2.75) is 38.9 Å². The molecule has 1 amide bonds. The van der Waals surface area contributed by atoms with Crippen molar-refractivity contribution in [1.82, 2.24) is 19.6 Å². The first-order valence-corrected chi connectivity index (χ1v) is 8.41. The summed E-state index contributed by atoms with van der Waals surface area (Å²) in [4.78, 5) is 16.5. The van der Waals surface area contributed by atoms with Crippen molar-refractivity contribution in [1.29, 1.82) is 0 Å². The molecule has 1 aromatic heterocycles. The molecule has 2 N–H and O–H groups in total. The summed E-state index contributed by atoms with van der Waals surface area (Å²) in [6.07, 6.45) is 6.11. The maximum Gasteiger partial charge on any atom is 0.241 e. The van der Waals surface area contributed by atoms with Crippen LogP contribution in [-0.2, 0) is 22.6 Å². The molecule has 0 aliphatic carbocycles. The standard InChI is InChI=1S/C16H29N5O2/c1-3-5-21-12-14(10-18-21)11-19-6-4-7-20(9-8-19)16(22)15(17)13-23-2/h10,12,15H,3-9,11,13,17H2,1-2H3. The molecule has 0 spiro atoms. The number of ether oxygens (including phenoxy) is 1. The lowest BCUT2D eigenvalue weighted by Crippen LogP contribution is -2.47. The lowest BCUT2D eigenvalue weighted by Gasteiger charge is -2.24. The van der Waals surface area contributed by atoms with Gasteiger partial charge in [-0.05, 0) is 12.8 Å². The van der Waals surface area contributed by atoms with Gasteiger partial charge in [0.2, 0.25) is 5.91 Å². The van der Waals surface area contributed by atoms with Crippen molar-refractivity contribution in [3.05, 3.63) is 18.0 Å². The summed E-state index contributed by atoms with van der Waals surface area (Å²) in [5.41, 5.74) is 7.09. The molecule has 2 rings (SSSR count). The van der Waals surface area contributed by atoms with Gasteiger partial charge >= 0.3 is 0 Å². The normalized spacial score (nSPS) is 18.0. The van der Waals surface area contributed by atoms with Gasteiger partial charge < -0.3 is 15.4 Å². The predicted octanol–water partition coefficient (Wildman–Crippen LogP) is 0.301. The molecule has 1 atom stereocenters. The molecule has 1 aliphatic heterocycles. The number of nitrogens with zero attached hydrogens (tertiary/aromatic N) is 4. The molecule has 1 aliphatic rings. The highest BCUT2D eigenvalue weighted by Crippen LogP contribution is 2.10. The number of carbonyl (C=O) groups excluding carboxylic acids is 1. The first kappa shape index (κ1) is 17.9. The van der Waals surface area contributed by atoms with Crippen molar-refractivity contribution in [3.63, 3.8) is 0 Å². The Labute approximate surface area is 138 Å². The van der Waals surface area contributed by atoms with Gasteiger partial charge in [0.15, 0.2) is 0 Å². The Morgan fingerprint density at radius 2 is 2.22 bits per heavy atom. The second-order valence-corrected chi connectivity index (χ2v) is 6.13. The third kappa shape index (κ3) is 5.30. The van der Waals surface area contributed by atoms with Crippen molar-refractivity contribution in [2.24, 2.45) is 5.73 Å². The Bertz CT molecular complexity index is 491. The van der Waals surface area contributed by atoms with Crippen molar-refractivity contribution >= 4 is 5.91 Å². The summed E-state index contributed by atoms with van der Waals surface area (Å²) in [6.45, 7) is 7.61. The van der Waals surface area contributed by atoms with E-state index in [-0.39, 0.29) is 12.5 Å². The van der Waals surface area contributed by atoms with Gasteiger partial charge in [0.25, 0.3) is 0 Å². The topological polar surface area (TPSA) is 76.6 Å². The van der Waals surface area contributed by atoms with E-state index >= 15 is 0 Å². The lowest BCUT2D eigenvalue weighted by molar-refractivity contribution is -0.133. The Hall–Kier alpha value is -1.44. The van der Waals surface area contributed by atoms with E-state index in [0.29, 0.717) is 0 Å². The minimum Gasteiger partial charge on any atom is -0.383 e. The molecular weight excluding hydrogens is 294 g/mol. The molecule has 130 valence electrons. The van der Waals surface area contributed by atoms with E-state index in [9.17, 15) is 4.79 Å². The van der Waals surface area contributed by atoms with Gasteiger partial charge in [-0.2, -0.15) is 5.10 Å². The molecule has 0 saturated carbocycles. The number of rotatable bonds is 7. The smallest absolute Gasteiger partial charge is 0.241 e. The Morgan fingerprint density at radius 3 is 2.96 bits per heavy atom. The number of hydrogen-bond acceptors (Lipinski definition) is 5. The number of nitrogens with two attached hydrogens (primary N) is 1. The van der Waals surface area contributed by atoms with Crippen LogP contribution in [0.5, 0.6) is 0 Å². The van der Waals surface area contributed by atoms with Crippen molar-refractivity contribution < 1.29 is 9.53 Å². The molecule has 2 heterocycles. The fourth-order valence-corrected chi connectivity index (χ4v) is 2.93. The van der Waals surface area contributed by atoms with Crippen LogP contribution in [0.3, 0.4) is 0 Å². The highest BCUT2D eigenvalue weighted by molar-refractivity contribution is 5.81. The summed E-state index contributed by atoms with van der Waals surface area (Å²) in [5.74, 6) is -0.00975. The van der Waals surface area contributed by atoms with Crippen molar-refractivity contribution in [3.8, 4) is 0 Å². The van der Waals surface area contributed by atoms with Crippen LogP contribution >= 0.6 is 0 Å². The van der Waals surface area contributed by atoms with E-state index in [1.807, 2.05) is 15.8 Å². The molecular formula is C16H29N5O2. The Morgan fingerprint density at radius 1 is 1.39 bits per heavy atom. The fraction of sp³-hybridized carbons (Fsp3) is 0.750. The van der Waals surface area contributed by atoms with Crippen LogP contribution in [0.4, 0.5) is 0 Å². The van der Waals surface area contributed by atoms with Gasteiger partial charge in [-0.3, -0.25) is 14.4 Å². The summed E-state index contributed by atoms with van der Waals surface area (Å²) >= 11 is 0. The molecule has 1 unspecified atom stereocenters. The molecule has 1 fully saturated rings. The van der Waals surface area contributed by atoms with E-state index in [1.165, 1.54) is 5.56 Å². The molecule has 0 radical (unpaired) electrons. The van der Waals surface area contributed by atoms with E-state index < -0.39 is 6.04 Å². The summed E-state index contributed by atoms with van der Waals surface area (Å²) in [7, 11) is 1.57. The molecule has 7 nitrogen and oxygen atoms in total. The van der Waals surface area contributed by atoms with E-state index in [0.717, 1.165) is 52.1 Å². The fourth-order valence-electron chi connectivity index (χ4n) is 2.93. The number of methoxy groups -OCH3 is 1. The summed E-state index contributed by atoms with van der Waals surface area (Å²) in [6, 6.07) is -0.557. The molecule has 7 heteroatoms. The number of amides is 1. The van der Waals surface area contributed by atoms with Crippen LogP contribution in [0.15, 0.2) is 12.4 Å². The number of carbonyl (C=O) groups is 1. The second kappa shape index (κ2) is 9.00. The third-order valence-corrected chi connectivity index (χ3v) is 4.11. The minimum atomic E-state index is -0.557. The molecule has 0 aromatic carbocycles. The van der Waals surface area contributed by atoms with Gasteiger partial charge in [0.1, 0.15) is 6.04 Å². The lowest BCUT2D eigenvalue weighted by atomic mass is 10.2. The maximum atomic E-state index is 12.3. The average molecular weight is 323 g/mol. The van der Waals surface area contributed by atoms with Gasteiger partial charge in [-0.25, -0.2) is 0 Å². The highest BCUT2D eigenvalue weighted by atomic mass is 16.5. The first-order valence-electron chi connectivity index (χ1n) is 8.41. The average Bonchev–Trinajstić information content (AvgIpc) is 2.83. The van der Waals surface area contributed by atoms with E-state index in [1.54, 1.807) is 7.11 Å². The Kier molecular flexibility index (Phi) is 7.01. The van der Waals surface area contributed by atoms with Gasteiger partial charge in [0, 0.05) is 58.1 Å². The zero-order chi connectivity index (χ0) is 16.7. The number of hydrogen-bond donors (Lipinski definition) is 1. The summed E-state index contributed by atoms with van der Waals surface area (Å²) in [5, 5.41) is 4.38.